The van der Waals surface area contributed by atoms with Crippen molar-refractivity contribution in [1.82, 2.24) is 5.32 Å². The van der Waals surface area contributed by atoms with E-state index in [0.717, 1.165) is 5.56 Å². The first-order chi connectivity index (χ1) is 10.9. The summed E-state index contributed by atoms with van der Waals surface area (Å²) in [4.78, 5) is 12.2. The summed E-state index contributed by atoms with van der Waals surface area (Å²) in [5.74, 6) is -0.664. The molecule has 2 aromatic carbocycles. The second-order valence-corrected chi connectivity index (χ2v) is 6.09. The van der Waals surface area contributed by atoms with E-state index >= 15 is 0 Å². The molecule has 0 aliphatic carbocycles. The standard InChI is InChI=1S/C19H22FNO2/c1-14(12-15-6-4-3-5-7-15)18(22)21-13-19(2,23)16-8-10-17(20)11-9-16/h3-11,14,23H,12-13H2,1-2H3,(H,21,22). The molecule has 2 aromatic rings. The van der Waals surface area contributed by atoms with Crippen molar-refractivity contribution in [2.24, 2.45) is 5.92 Å². The van der Waals surface area contributed by atoms with Gasteiger partial charge < -0.3 is 10.4 Å². The van der Waals surface area contributed by atoms with Gasteiger partial charge in [-0.25, -0.2) is 4.39 Å². The molecule has 2 N–H and O–H groups in total. The van der Waals surface area contributed by atoms with Gasteiger partial charge in [0.2, 0.25) is 5.91 Å². The number of amides is 1. The third kappa shape index (κ3) is 4.89. The summed E-state index contributed by atoms with van der Waals surface area (Å²) in [5.41, 5.74) is 0.422. The van der Waals surface area contributed by atoms with Gasteiger partial charge in [-0.15, -0.1) is 0 Å². The molecule has 0 spiro atoms. The highest BCUT2D eigenvalue weighted by Gasteiger charge is 2.25. The SMILES string of the molecule is CC(Cc1ccccc1)C(=O)NCC(C)(O)c1ccc(F)cc1. The average molecular weight is 315 g/mol. The van der Waals surface area contributed by atoms with E-state index < -0.39 is 5.60 Å². The molecule has 0 saturated heterocycles. The van der Waals surface area contributed by atoms with Gasteiger partial charge in [-0.1, -0.05) is 49.4 Å². The second-order valence-electron chi connectivity index (χ2n) is 6.09. The first kappa shape index (κ1) is 17.2. The zero-order chi connectivity index (χ0) is 16.9. The Labute approximate surface area is 136 Å². The number of carbonyl (C=O) groups excluding carboxylic acids is 1. The summed E-state index contributed by atoms with van der Waals surface area (Å²) >= 11 is 0. The number of nitrogens with one attached hydrogen (secondary N) is 1. The zero-order valence-corrected chi connectivity index (χ0v) is 13.4. The minimum absolute atomic E-state index is 0.0800. The van der Waals surface area contributed by atoms with Crippen molar-refractivity contribution in [1.29, 1.82) is 0 Å². The van der Waals surface area contributed by atoms with E-state index in [1.807, 2.05) is 37.3 Å². The highest BCUT2D eigenvalue weighted by atomic mass is 19.1. The number of benzene rings is 2. The summed E-state index contributed by atoms with van der Waals surface area (Å²) in [6, 6.07) is 15.4. The Bertz CT molecular complexity index is 638. The molecule has 3 nitrogen and oxygen atoms in total. The van der Waals surface area contributed by atoms with Crippen molar-refractivity contribution in [2.75, 3.05) is 6.54 Å². The van der Waals surface area contributed by atoms with Crippen LogP contribution in [0.5, 0.6) is 0 Å². The number of carbonyl (C=O) groups is 1. The van der Waals surface area contributed by atoms with Crippen LogP contribution in [0.25, 0.3) is 0 Å². The molecule has 0 aromatic heterocycles. The maximum atomic E-state index is 13.0. The highest BCUT2D eigenvalue weighted by molar-refractivity contribution is 5.78. The Balaban J connectivity index is 1.91. The Morgan fingerprint density at radius 2 is 1.78 bits per heavy atom. The van der Waals surface area contributed by atoms with Crippen molar-refractivity contribution >= 4 is 5.91 Å². The molecule has 122 valence electrons. The van der Waals surface area contributed by atoms with Crippen molar-refractivity contribution in [3.05, 3.63) is 71.5 Å². The Morgan fingerprint density at radius 3 is 2.39 bits per heavy atom. The predicted octanol–water partition coefficient (Wildman–Crippen LogP) is 3.03. The number of aliphatic hydroxyl groups is 1. The summed E-state index contributed by atoms with van der Waals surface area (Å²) in [7, 11) is 0. The van der Waals surface area contributed by atoms with Crippen LogP contribution in [0.1, 0.15) is 25.0 Å². The molecular formula is C19H22FNO2. The van der Waals surface area contributed by atoms with Gasteiger partial charge in [-0.2, -0.15) is 0 Å². The van der Waals surface area contributed by atoms with Crippen LogP contribution in [0.15, 0.2) is 54.6 Å². The molecule has 0 aliphatic heterocycles. The van der Waals surface area contributed by atoms with Crippen LogP contribution >= 0.6 is 0 Å². The number of hydrogen-bond donors (Lipinski definition) is 2. The zero-order valence-electron chi connectivity index (χ0n) is 13.4. The monoisotopic (exact) mass is 315 g/mol. The van der Waals surface area contributed by atoms with Gasteiger partial charge in [0, 0.05) is 5.92 Å². The summed E-state index contributed by atoms with van der Waals surface area (Å²) in [5, 5.41) is 13.2. The van der Waals surface area contributed by atoms with E-state index in [1.54, 1.807) is 6.92 Å². The van der Waals surface area contributed by atoms with E-state index in [9.17, 15) is 14.3 Å². The summed E-state index contributed by atoms with van der Waals surface area (Å²) in [6.07, 6.45) is 0.644. The fraction of sp³-hybridized carbons (Fsp3) is 0.316. The summed E-state index contributed by atoms with van der Waals surface area (Å²) in [6.45, 7) is 3.54. The van der Waals surface area contributed by atoms with Crippen LogP contribution in [0, 0.1) is 11.7 Å². The lowest BCUT2D eigenvalue weighted by molar-refractivity contribution is -0.125. The lowest BCUT2D eigenvalue weighted by Crippen LogP contribution is -2.41. The van der Waals surface area contributed by atoms with Gasteiger partial charge in [0.05, 0.1) is 6.54 Å². The van der Waals surface area contributed by atoms with Crippen LogP contribution in [0.4, 0.5) is 4.39 Å². The quantitative estimate of drug-likeness (QED) is 0.861. The Morgan fingerprint density at radius 1 is 1.17 bits per heavy atom. The first-order valence-electron chi connectivity index (χ1n) is 7.68. The van der Waals surface area contributed by atoms with Gasteiger partial charge in [0.1, 0.15) is 11.4 Å². The topological polar surface area (TPSA) is 49.3 Å². The first-order valence-corrected chi connectivity index (χ1v) is 7.68. The summed E-state index contributed by atoms with van der Waals surface area (Å²) < 4.78 is 13.0. The van der Waals surface area contributed by atoms with Crippen LogP contribution in [-0.2, 0) is 16.8 Å². The normalized spacial score (nSPS) is 14.8. The smallest absolute Gasteiger partial charge is 0.223 e. The lowest BCUT2D eigenvalue weighted by Gasteiger charge is -2.25. The van der Waals surface area contributed by atoms with Crippen molar-refractivity contribution < 1.29 is 14.3 Å². The molecule has 0 saturated carbocycles. The molecule has 1 amide bonds. The Kier molecular flexibility index (Phi) is 5.50. The molecule has 0 radical (unpaired) electrons. The minimum Gasteiger partial charge on any atom is -0.384 e. The van der Waals surface area contributed by atoms with Gasteiger partial charge in [-0.05, 0) is 36.6 Å². The molecule has 0 heterocycles. The largest absolute Gasteiger partial charge is 0.384 e. The van der Waals surface area contributed by atoms with Crippen LogP contribution in [0.3, 0.4) is 0 Å². The van der Waals surface area contributed by atoms with Gasteiger partial charge in [0.25, 0.3) is 0 Å². The van der Waals surface area contributed by atoms with Crippen LogP contribution in [-0.4, -0.2) is 17.6 Å². The second kappa shape index (κ2) is 7.38. The third-order valence-corrected chi connectivity index (χ3v) is 3.91. The maximum Gasteiger partial charge on any atom is 0.223 e. The van der Waals surface area contributed by atoms with E-state index in [0.29, 0.717) is 12.0 Å². The van der Waals surface area contributed by atoms with Gasteiger partial charge >= 0.3 is 0 Å². The fourth-order valence-electron chi connectivity index (χ4n) is 2.40. The molecular weight excluding hydrogens is 293 g/mol. The molecule has 0 fully saturated rings. The van der Waals surface area contributed by atoms with Gasteiger partial charge in [0.15, 0.2) is 0 Å². The van der Waals surface area contributed by atoms with E-state index in [-0.39, 0.29) is 24.2 Å². The van der Waals surface area contributed by atoms with Crippen molar-refractivity contribution in [2.45, 2.75) is 25.9 Å². The molecule has 2 unspecified atom stereocenters. The number of halogens is 1. The van der Waals surface area contributed by atoms with Crippen molar-refractivity contribution in [3.63, 3.8) is 0 Å². The van der Waals surface area contributed by atoms with E-state index in [2.05, 4.69) is 5.32 Å². The fourth-order valence-corrected chi connectivity index (χ4v) is 2.40. The Hall–Kier alpha value is -2.20. The van der Waals surface area contributed by atoms with Crippen molar-refractivity contribution in [3.8, 4) is 0 Å². The van der Waals surface area contributed by atoms with Gasteiger partial charge in [-0.3, -0.25) is 4.79 Å². The average Bonchev–Trinajstić information content (AvgIpc) is 2.54. The minimum atomic E-state index is -1.24. The van der Waals surface area contributed by atoms with Crippen LogP contribution < -0.4 is 5.32 Å². The number of rotatable bonds is 6. The molecule has 0 bridgehead atoms. The maximum absolute atomic E-state index is 13.0. The predicted molar refractivity (Wildman–Crippen MR) is 88.3 cm³/mol. The highest BCUT2D eigenvalue weighted by Crippen LogP contribution is 2.20. The van der Waals surface area contributed by atoms with E-state index in [4.69, 9.17) is 0 Å². The molecule has 2 atom stereocenters. The number of hydrogen-bond acceptors (Lipinski definition) is 2. The lowest BCUT2D eigenvalue weighted by atomic mass is 9.95. The molecule has 0 aliphatic rings. The molecule has 23 heavy (non-hydrogen) atoms. The van der Waals surface area contributed by atoms with E-state index in [1.165, 1.54) is 24.3 Å². The molecule has 2 rings (SSSR count). The van der Waals surface area contributed by atoms with Crippen LogP contribution in [0.2, 0.25) is 0 Å². The third-order valence-electron chi connectivity index (χ3n) is 3.91. The molecule has 4 heteroatoms.